The Hall–Kier alpha value is -4.42. The van der Waals surface area contributed by atoms with Crippen molar-refractivity contribution in [3.05, 3.63) is 86.5 Å². The van der Waals surface area contributed by atoms with Crippen LogP contribution in [-0.4, -0.2) is 52.7 Å². The molecule has 52 heavy (non-hydrogen) atoms. The van der Waals surface area contributed by atoms with Crippen molar-refractivity contribution in [1.82, 2.24) is 26.1 Å². The van der Waals surface area contributed by atoms with E-state index in [1.54, 1.807) is 12.1 Å². The summed E-state index contributed by atoms with van der Waals surface area (Å²) >= 11 is 13.0. The summed E-state index contributed by atoms with van der Waals surface area (Å²) in [6.07, 6.45) is 1.18. The smallest absolute Gasteiger partial charge is 0.408 e. The summed E-state index contributed by atoms with van der Waals surface area (Å²) in [7, 11) is 1.20. The fourth-order valence-electron chi connectivity index (χ4n) is 6.14. The first kappa shape index (κ1) is 40.4. The number of allylic oxidation sites excluding steroid dienone is 1. The number of amides is 3. The summed E-state index contributed by atoms with van der Waals surface area (Å²) < 4.78 is 15.6. The van der Waals surface area contributed by atoms with Crippen molar-refractivity contribution in [2.45, 2.75) is 97.9 Å². The van der Waals surface area contributed by atoms with Gasteiger partial charge in [0.25, 0.3) is 5.82 Å². The van der Waals surface area contributed by atoms with Crippen LogP contribution in [-0.2, 0) is 25.7 Å². The van der Waals surface area contributed by atoms with Gasteiger partial charge in [0.15, 0.2) is 0 Å². The SMILES string of the molecule is CCC(C)[C@H](NC(=O)OCc1ccccc1)C(=O)N[C@]1(C(=O)N[C@H](c2nc(C(=O)OC)no2)C(C)CC)CCC(C)=C(c2cc(Cl)cc(Cl)c2C)C1. The normalized spacial score (nSPS) is 18.1. The predicted molar refractivity (Wildman–Crippen MR) is 197 cm³/mol. The second kappa shape index (κ2) is 17.9. The van der Waals surface area contributed by atoms with E-state index in [0.717, 1.165) is 27.8 Å². The van der Waals surface area contributed by atoms with E-state index in [9.17, 15) is 19.2 Å². The molecule has 12 nitrogen and oxygen atoms in total. The highest BCUT2D eigenvalue weighted by Gasteiger charge is 2.46. The molecule has 3 N–H and O–H groups in total. The molecule has 1 aliphatic carbocycles. The fraction of sp³-hybridized carbons (Fsp3) is 0.474. The third-order valence-corrected chi connectivity index (χ3v) is 10.5. The number of hydrogen-bond donors (Lipinski definition) is 3. The number of nitrogens with zero attached hydrogens (tertiary/aromatic N) is 2. The maximum atomic E-state index is 14.8. The van der Waals surface area contributed by atoms with Crippen molar-refractivity contribution in [3.8, 4) is 0 Å². The number of carbonyl (C=O) groups is 4. The minimum Gasteiger partial charge on any atom is -0.463 e. The number of benzene rings is 2. The van der Waals surface area contributed by atoms with Gasteiger partial charge in [-0.05, 0) is 78.1 Å². The van der Waals surface area contributed by atoms with Gasteiger partial charge >= 0.3 is 12.1 Å². The Labute approximate surface area is 314 Å². The van der Waals surface area contributed by atoms with Gasteiger partial charge in [-0.2, -0.15) is 4.98 Å². The van der Waals surface area contributed by atoms with Crippen LogP contribution in [0.25, 0.3) is 5.57 Å². The zero-order chi connectivity index (χ0) is 38.2. The van der Waals surface area contributed by atoms with Crippen LogP contribution >= 0.6 is 23.2 Å². The summed E-state index contributed by atoms with van der Waals surface area (Å²) in [4.78, 5) is 58.6. The number of methoxy groups -OCH3 is 1. The molecule has 0 bridgehead atoms. The summed E-state index contributed by atoms with van der Waals surface area (Å²) in [5.41, 5.74) is 2.65. The largest absolute Gasteiger partial charge is 0.463 e. The molecule has 3 aromatic rings. The van der Waals surface area contributed by atoms with Crippen LogP contribution in [0.1, 0.15) is 106 Å². The first-order valence-electron chi connectivity index (χ1n) is 17.4. The topological polar surface area (TPSA) is 162 Å². The second-order valence-electron chi connectivity index (χ2n) is 13.4. The molecule has 0 fully saturated rings. The molecule has 0 saturated heterocycles. The monoisotopic (exact) mass is 755 g/mol. The molecule has 0 aliphatic heterocycles. The quantitative estimate of drug-likeness (QED) is 0.141. The van der Waals surface area contributed by atoms with E-state index in [-0.39, 0.29) is 43.0 Å². The first-order chi connectivity index (χ1) is 24.7. The zero-order valence-corrected chi connectivity index (χ0v) is 32.1. The van der Waals surface area contributed by atoms with E-state index in [1.165, 1.54) is 7.11 Å². The van der Waals surface area contributed by atoms with Gasteiger partial charge in [0.05, 0.1) is 7.11 Å². The zero-order valence-electron chi connectivity index (χ0n) is 30.6. The van der Waals surface area contributed by atoms with Crippen molar-refractivity contribution in [1.29, 1.82) is 0 Å². The van der Waals surface area contributed by atoms with Crippen molar-refractivity contribution in [2.24, 2.45) is 11.8 Å². The molecule has 0 radical (unpaired) electrons. The average Bonchev–Trinajstić information content (AvgIpc) is 3.63. The molecule has 1 aromatic heterocycles. The molecule has 2 aromatic carbocycles. The molecular formula is C38H47Cl2N5O7. The first-order valence-corrected chi connectivity index (χ1v) is 18.2. The van der Waals surface area contributed by atoms with Gasteiger partial charge in [-0.3, -0.25) is 9.59 Å². The van der Waals surface area contributed by atoms with E-state index in [0.29, 0.717) is 29.3 Å². The number of nitrogens with one attached hydrogen (secondary N) is 3. The maximum Gasteiger partial charge on any atom is 0.408 e. The van der Waals surface area contributed by atoms with E-state index in [2.05, 4.69) is 26.1 Å². The Morgan fingerprint density at radius 2 is 1.69 bits per heavy atom. The number of carbonyl (C=O) groups excluding carboxylic acids is 4. The van der Waals surface area contributed by atoms with Crippen molar-refractivity contribution < 1.29 is 33.2 Å². The molecular weight excluding hydrogens is 709 g/mol. The highest BCUT2D eigenvalue weighted by Crippen LogP contribution is 2.42. The molecule has 3 amide bonds. The molecule has 280 valence electrons. The Balaban J connectivity index is 1.72. The van der Waals surface area contributed by atoms with Gasteiger partial charge in [-0.25, -0.2) is 9.59 Å². The lowest BCUT2D eigenvalue weighted by Crippen LogP contribution is -2.64. The summed E-state index contributed by atoms with van der Waals surface area (Å²) in [6, 6.07) is 10.8. The number of esters is 1. The fourth-order valence-corrected chi connectivity index (χ4v) is 6.63. The van der Waals surface area contributed by atoms with Crippen LogP contribution in [0.15, 0.2) is 52.6 Å². The number of ether oxygens (including phenoxy) is 2. The summed E-state index contributed by atoms with van der Waals surface area (Å²) in [5.74, 6) is -2.64. The molecule has 5 atom stereocenters. The third-order valence-electron chi connectivity index (χ3n) is 9.91. The van der Waals surface area contributed by atoms with E-state index in [4.69, 9.17) is 37.2 Å². The maximum absolute atomic E-state index is 14.8. The van der Waals surface area contributed by atoms with Crippen LogP contribution in [0.4, 0.5) is 4.79 Å². The van der Waals surface area contributed by atoms with Crippen molar-refractivity contribution >= 4 is 52.7 Å². The summed E-state index contributed by atoms with van der Waals surface area (Å²) in [5, 5.41) is 13.5. The lowest BCUT2D eigenvalue weighted by molar-refractivity contribution is -0.136. The molecule has 0 saturated carbocycles. The Morgan fingerprint density at radius 1 is 1.00 bits per heavy atom. The molecule has 0 spiro atoms. The van der Waals surface area contributed by atoms with Crippen LogP contribution in [0.2, 0.25) is 10.0 Å². The van der Waals surface area contributed by atoms with Gasteiger partial charge in [0, 0.05) is 16.5 Å². The Bertz CT molecular complexity index is 1800. The van der Waals surface area contributed by atoms with Gasteiger partial charge in [0.1, 0.15) is 24.2 Å². The van der Waals surface area contributed by atoms with Crippen LogP contribution in [0.3, 0.4) is 0 Å². The number of hydrogen-bond acceptors (Lipinski definition) is 9. The van der Waals surface area contributed by atoms with E-state index < -0.39 is 41.5 Å². The van der Waals surface area contributed by atoms with E-state index in [1.807, 2.05) is 71.9 Å². The lowest BCUT2D eigenvalue weighted by Gasteiger charge is -2.41. The molecule has 2 unspecified atom stereocenters. The Kier molecular flexibility index (Phi) is 13.9. The molecule has 1 aliphatic rings. The van der Waals surface area contributed by atoms with Crippen LogP contribution < -0.4 is 16.0 Å². The average molecular weight is 757 g/mol. The Morgan fingerprint density at radius 3 is 2.35 bits per heavy atom. The second-order valence-corrected chi connectivity index (χ2v) is 14.3. The number of halogens is 2. The van der Waals surface area contributed by atoms with E-state index >= 15 is 0 Å². The number of aromatic nitrogens is 2. The van der Waals surface area contributed by atoms with Gasteiger partial charge in [-0.15, -0.1) is 0 Å². The van der Waals surface area contributed by atoms with Crippen LogP contribution in [0, 0.1) is 18.8 Å². The molecule has 4 rings (SSSR count). The van der Waals surface area contributed by atoms with Gasteiger partial charge in [0.2, 0.25) is 17.7 Å². The highest BCUT2D eigenvalue weighted by molar-refractivity contribution is 6.35. The third kappa shape index (κ3) is 9.51. The summed E-state index contributed by atoms with van der Waals surface area (Å²) in [6.45, 7) is 11.5. The lowest BCUT2D eigenvalue weighted by atomic mass is 9.74. The number of alkyl carbamates (subject to hydrolysis) is 1. The van der Waals surface area contributed by atoms with Crippen LogP contribution in [0.5, 0.6) is 0 Å². The van der Waals surface area contributed by atoms with Gasteiger partial charge < -0.3 is 29.9 Å². The predicted octanol–water partition coefficient (Wildman–Crippen LogP) is 7.53. The standard InChI is InChI=1S/C38H47Cl2N5O7/c1-8-21(3)30(42-37(49)51-20-25-13-11-10-12-14-25)33(46)44-38(16-15-23(5)28(19-38)27-17-26(39)18-29(40)24(27)6)36(48)41-31(22(4)9-2)34-43-32(45-52-34)35(47)50-7/h10-14,17-18,21-22,30-31H,8-9,15-16,19-20H2,1-7H3,(H,41,48)(H,42,49)(H,44,46)/t21?,22?,30-,31-,38+/m0/s1. The van der Waals surface area contributed by atoms with Crippen molar-refractivity contribution in [2.75, 3.05) is 7.11 Å². The van der Waals surface area contributed by atoms with Gasteiger partial charge in [-0.1, -0.05) is 99.6 Å². The molecule has 14 heteroatoms. The number of rotatable bonds is 14. The van der Waals surface area contributed by atoms with Crippen molar-refractivity contribution in [3.63, 3.8) is 0 Å². The minimum atomic E-state index is -1.51. The minimum absolute atomic E-state index is 0.0186. The highest BCUT2D eigenvalue weighted by atomic mass is 35.5. The molecule has 1 heterocycles.